The summed E-state index contributed by atoms with van der Waals surface area (Å²) in [4.78, 5) is 27.2. The fraction of sp³-hybridized carbons (Fsp3) is 0.222. The molecule has 1 fully saturated rings. The number of nitrogens with one attached hydrogen (secondary N) is 2. The lowest BCUT2D eigenvalue weighted by atomic mass is 10.2. The molecule has 5 nitrogen and oxygen atoms in total. The lowest BCUT2D eigenvalue weighted by Gasteiger charge is -2.17. The predicted octanol–water partition coefficient (Wildman–Crippen LogP) is 3.47. The van der Waals surface area contributed by atoms with Gasteiger partial charge < -0.3 is 15.5 Å². The molecule has 2 aromatic carbocycles. The molecule has 3 rings (SSSR count). The fourth-order valence-corrected chi connectivity index (χ4v) is 3.18. The molecule has 7 heteroatoms. The molecule has 0 radical (unpaired) electrons. The number of hydrogen-bond acceptors (Lipinski definition) is 3. The number of hydrogen-bond donors (Lipinski definition) is 2. The van der Waals surface area contributed by atoms with Crippen LogP contribution in [0.3, 0.4) is 0 Å². The highest BCUT2D eigenvalue weighted by atomic mass is 32.2. The van der Waals surface area contributed by atoms with Crippen LogP contribution in [0.25, 0.3) is 0 Å². The van der Waals surface area contributed by atoms with Crippen molar-refractivity contribution in [2.45, 2.75) is 17.4 Å². The minimum atomic E-state index is -0.589. The first kappa shape index (κ1) is 17.3. The van der Waals surface area contributed by atoms with Crippen LogP contribution in [-0.4, -0.2) is 30.8 Å². The first-order valence-corrected chi connectivity index (χ1v) is 9.08. The van der Waals surface area contributed by atoms with Gasteiger partial charge in [-0.25, -0.2) is 9.18 Å². The van der Waals surface area contributed by atoms with Gasteiger partial charge in [0.25, 0.3) is 0 Å². The second-order valence-corrected chi connectivity index (χ2v) is 6.52. The minimum Gasteiger partial charge on any atom is -0.326 e. The highest BCUT2D eigenvalue weighted by Gasteiger charge is 2.33. The standard InChI is InChI=1S/C18H18FN3O2S/c1-25-15-4-2-3-13(11-15)20-18(24)21-16-9-10-22(17(16)23)14-7-5-12(19)6-8-14/h2-8,11,16H,9-10H2,1H3,(H2,20,21,24)/t16-/m0/s1. The number of urea groups is 1. The van der Waals surface area contributed by atoms with Gasteiger partial charge in [0.15, 0.2) is 0 Å². The molecular formula is C18H18FN3O2S. The largest absolute Gasteiger partial charge is 0.326 e. The highest BCUT2D eigenvalue weighted by molar-refractivity contribution is 7.98. The molecule has 3 amide bonds. The van der Waals surface area contributed by atoms with Crippen LogP contribution in [0.2, 0.25) is 0 Å². The molecule has 0 spiro atoms. The molecule has 2 aromatic rings. The van der Waals surface area contributed by atoms with Gasteiger partial charge >= 0.3 is 6.03 Å². The summed E-state index contributed by atoms with van der Waals surface area (Å²) in [5, 5.41) is 5.45. The molecule has 2 N–H and O–H groups in total. The summed E-state index contributed by atoms with van der Waals surface area (Å²) in [6.07, 6.45) is 2.47. The number of carbonyl (C=O) groups is 2. The summed E-state index contributed by atoms with van der Waals surface area (Å²) < 4.78 is 13.0. The molecule has 0 aliphatic carbocycles. The van der Waals surface area contributed by atoms with Gasteiger partial charge in [-0.2, -0.15) is 0 Å². The number of anilines is 2. The summed E-state index contributed by atoms with van der Waals surface area (Å²) in [5.74, 6) is -0.545. The van der Waals surface area contributed by atoms with Crippen LogP contribution in [-0.2, 0) is 4.79 Å². The molecule has 130 valence electrons. The zero-order valence-corrected chi connectivity index (χ0v) is 14.5. The van der Waals surface area contributed by atoms with E-state index in [1.165, 1.54) is 12.1 Å². The van der Waals surface area contributed by atoms with E-state index in [0.29, 0.717) is 24.3 Å². The molecule has 0 aromatic heterocycles. The molecule has 1 aliphatic heterocycles. The number of halogens is 1. The molecule has 1 heterocycles. The van der Waals surface area contributed by atoms with Crippen molar-refractivity contribution < 1.29 is 14.0 Å². The van der Waals surface area contributed by atoms with Gasteiger partial charge in [0.2, 0.25) is 5.91 Å². The average molecular weight is 359 g/mol. The van der Waals surface area contributed by atoms with Crippen LogP contribution in [0.4, 0.5) is 20.6 Å². The van der Waals surface area contributed by atoms with Crippen molar-refractivity contribution in [2.75, 3.05) is 23.0 Å². The van der Waals surface area contributed by atoms with Gasteiger partial charge in [0.05, 0.1) is 0 Å². The number of thioether (sulfide) groups is 1. The van der Waals surface area contributed by atoms with Gasteiger partial charge in [0, 0.05) is 22.8 Å². The van der Waals surface area contributed by atoms with E-state index >= 15 is 0 Å². The van der Waals surface area contributed by atoms with E-state index in [2.05, 4.69) is 10.6 Å². The van der Waals surface area contributed by atoms with Crippen LogP contribution in [0.15, 0.2) is 53.4 Å². The number of amides is 3. The third-order valence-corrected chi connectivity index (χ3v) is 4.70. The van der Waals surface area contributed by atoms with Gasteiger partial charge in [-0.3, -0.25) is 4.79 Å². The Balaban J connectivity index is 1.60. The van der Waals surface area contributed by atoms with Crippen LogP contribution in [0.5, 0.6) is 0 Å². The van der Waals surface area contributed by atoms with E-state index in [-0.39, 0.29) is 11.7 Å². The monoisotopic (exact) mass is 359 g/mol. The number of carbonyl (C=O) groups excluding carboxylic acids is 2. The molecule has 1 saturated heterocycles. The van der Waals surface area contributed by atoms with E-state index in [1.54, 1.807) is 34.9 Å². The molecule has 0 unspecified atom stereocenters. The Bertz CT molecular complexity index is 782. The number of nitrogens with zero attached hydrogens (tertiary/aromatic N) is 1. The Morgan fingerprint density at radius 2 is 2.00 bits per heavy atom. The average Bonchev–Trinajstić information content (AvgIpc) is 2.96. The lowest BCUT2D eigenvalue weighted by Crippen LogP contribution is -2.43. The van der Waals surface area contributed by atoms with Gasteiger partial charge in [-0.15, -0.1) is 11.8 Å². The zero-order chi connectivity index (χ0) is 17.8. The Labute approximate surface area is 149 Å². The van der Waals surface area contributed by atoms with Crippen LogP contribution >= 0.6 is 11.8 Å². The highest BCUT2D eigenvalue weighted by Crippen LogP contribution is 2.22. The predicted molar refractivity (Wildman–Crippen MR) is 97.5 cm³/mol. The third kappa shape index (κ3) is 4.11. The quantitative estimate of drug-likeness (QED) is 0.822. The molecular weight excluding hydrogens is 341 g/mol. The maximum atomic E-state index is 13.0. The fourth-order valence-electron chi connectivity index (χ4n) is 2.72. The van der Waals surface area contributed by atoms with Crippen molar-refractivity contribution in [1.29, 1.82) is 0 Å². The van der Waals surface area contributed by atoms with Crippen LogP contribution in [0, 0.1) is 5.82 Å². The maximum Gasteiger partial charge on any atom is 0.319 e. The SMILES string of the molecule is CSc1cccc(NC(=O)N[C@H]2CCN(c3ccc(F)cc3)C2=O)c1. The number of rotatable bonds is 4. The summed E-state index contributed by atoms with van der Waals surface area (Å²) in [5.41, 5.74) is 1.30. The van der Waals surface area contributed by atoms with Crippen molar-refractivity contribution >= 4 is 35.1 Å². The van der Waals surface area contributed by atoms with Gasteiger partial charge in [0.1, 0.15) is 11.9 Å². The van der Waals surface area contributed by atoms with E-state index in [9.17, 15) is 14.0 Å². The molecule has 0 bridgehead atoms. The summed E-state index contributed by atoms with van der Waals surface area (Å²) in [7, 11) is 0. The first-order chi connectivity index (χ1) is 12.1. The second kappa shape index (κ2) is 7.57. The van der Waals surface area contributed by atoms with E-state index in [0.717, 1.165) is 4.90 Å². The third-order valence-electron chi connectivity index (χ3n) is 3.98. The smallest absolute Gasteiger partial charge is 0.319 e. The lowest BCUT2D eigenvalue weighted by molar-refractivity contribution is -0.118. The summed E-state index contributed by atoms with van der Waals surface area (Å²) in [6, 6.07) is 12.2. The summed E-state index contributed by atoms with van der Waals surface area (Å²) >= 11 is 1.58. The van der Waals surface area contributed by atoms with Crippen molar-refractivity contribution in [2.24, 2.45) is 0 Å². The van der Waals surface area contributed by atoms with Crippen molar-refractivity contribution in [3.63, 3.8) is 0 Å². The first-order valence-electron chi connectivity index (χ1n) is 7.85. The normalized spacial score (nSPS) is 16.8. The number of benzene rings is 2. The van der Waals surface area contributed by atoms with E-state index < -0.39 is 12.1 Å². The van der Waals surface area contributed by atoms with E-state index in [4.69, 9.17) is 0 Å². The van der Waals surface area contributed by atoms with Gasteiger partial charge in [-0.1, -0.05) is 6.07 Å². The van der Waals surface area contributed by atoms with Gasteiger partial charge in [-0.05, 0) is 55.1 Å². The Hall–Kier alpha value is -2.54. The maximum absolute atomic E-state index is 13.0. The Morgan fingerprint density at radius 1 is 1.24 bits per heavy atom. The summed E-state index contributed by atoms with van der Waals surface area (Å²) in [6.45, 7) is 0.484. The van der Waals surface area contributed by atoms with Crippen LogP contribution < -0.4 is 15.5 Å². The Kier molecular flexibility index (Phi) is 5.23. The minimum absolute atomic E-state index is 0.195. The van der Waals surface area contributed by atoms with Crippen molar-refractivity contribution in [3.05, 3.63) is 54.3 Å². The molecule has 1 aliphatic rings. The van der Waals surface area contributed by atoms with Crippen molar-refractivity contribution in [3.8, 4) is 0 Å². The second-order valence-electron chi connectivity index (χ2n) is 5.64. The molecule has 0 saturated carbocycles. The molecule has 1 atom stereocenters. The van der Waals surface area contributed by atoms with Crippen molar-refractivity contribution in [1.82, 2.24) is 5.32 Å². The van der Waals surface area contributed by atoms with Crippen LogP contribution in [0.1, 0.15) is 6.42 Å². The Morgan fingerprint density at radius 3 is 2.72 bits per heavy atom. The molecule has 25 heavy (non-hydrogen) atoms. The van der Waals surface area contributed by atoms with E-state index in [1.807, 2.05) is 24.5 Å². The zero-order valence-electron chi connectivity index (χ0n) is 13.7. The topological polar surface area (TPSA) is 61.4 Å².